The molecular weight excluding hydrogens is 242 g/mol. The number of nitrogens with two attached hydrogens (primary N) is 1. The SMILES string of the molecule is CC(C)[C@H](N)C(=O)NCC(=O)N1CCC(C)(C)CC1. The molecule has 0 saturated carbocycles. The second-order valence-electron chi connectivity index (χ2n) is 6.53. The zero-order chi connectivity index (χ0) is 14.6. The number of piperidine rings is 1. The first-order chi connectivity index (χ1) is 8.73. The van der Waals surface area contributed by atoms with E-state index in [1.165, 1.54) is 0 Å². The van der Waals surface area contributed by atoms with Crippen LogP contribution in [-0.2, 0) is 9.59 Å². The van der Waals surface area contributed by atoms with Gasteiger partial charge in [0.05, 0.1) is 12.6 Å². The Labute approximate surface area is 115 Å². The first-order valence-corrected chi connectivity index (χ1v) is 7.04. The molecule has 1 rings (SSSR count). The van der Waals surface area contributed by atoms with Crippen LogP contribution in [0.4, 0.5) is 0 Å². The standard InChI is InChI=1S/C14H27N3O2/c1-10(2)12(15)13(19)16-9-11(18)17-7-5-14(3,4)6-8-17/h10,12H,5-9,15H2,1-4H3,(H,16,19)/t12-/m0/s1. The van der Waals surface area contributed by atoms with Crippen molar-refractivity contribution in [2.45, 2.75) is 46.6 Å². The van der Waals surface area contributed by atoms with Gasteiger partial charge in [-0.15, -0.1) is 0 Å². The molecule has 19 heavy (non-hydrogen) atoms. The minimum Gasteiger partial charge on any atom is -0.346 e. The average molecular weight is 269 g/mol. The number of carbonyl (C=O) groups excluding carboxylic acids is 2. The van der Waals surface area contributed by atoms with Gasteiger partial charge >= 0.3 is 0 Å². The van der Waals surface area contributed by atoms with Crippen molar-refractivity contribution < 1.29 is 9.59 Å². The summed E-state index contributed by atoms with van der Waals surface area (Å²) in [4.78, 5) is 25.5. The lowest BCUT2D eigenvalue weighted by Gasteiger charge is -2.37. The van der Waals surface area contributed by atoms with Gasteiger partial charge < -0.3 is 16.0 Å². The van der Waals surface area contributed by atoms with E-state index in [1.54, 1.807) is 0 Å². The summed E-state index contributed by atoms with van der Waals surface area (Å²) in [5.41, 5.74) is 6.04. The highest BCUT2D eigenvalue weighted by Gasteiger charge is 2.28. The quantitative estimate of drug-likeness (QED) is 0.790. The number of carbonyl (C=O) groups is 2. The van der Waals surface area contributed by atoms with Crippen molar-refractivity contribution in [3.05, 3.63) is 0 Å². The summed E-state index contributed by atoms with van der Waals surface area (Å²) >= 11 is 0. The molecule has 5 heteroatoms. The Kier molecular flexibility index (Phi) is 5.35. The monoisotopic (exact) mass is 269 g/mol. The van der Waals surface area contributed by atoms with Gasteiger partial charge in [0.25, 0.3) is 0 Å². The molecule has 1 aliphatic heterocycles. The maximum atomic E-state index is 12.0. The van der Waals surface area contributed by atoms with Crippen molar-refractivity contribution in [1.29, 1.82) is 0 Å². The number of likely N-dealkylation sites (tertiary alicyclic amines) is 1. The first-order valence-electron chi connectivity index (χ1n) is 7.04. The van der Waals surface area contributed by atoms with Crippen molar-refractivity contribution >= 4 is 11.8 Å². The van der Waals surface area contributed by atoms with Crippen LogP contribution in [-0.4, -0.2) is 42.4 Å². The maximum Gasteiger partial charge on any atom is 0.241 e. The Hall–Kier alpha value is -1.10. The Morgan fingerprint density at radius 2 is 1.79 bits per heavy atom. The minimum absolute atomic E-state index is 0.0141. The highest BCUT2D eigenvalue weighted by molar-refractivity contribution is 5.87. The van der Waals surface area contributed by atoms with Crippen LogP contribution in [0.3, 0.4) is 0 Å². The smallest absolute Gasteiger partial charge is 0.241 e. The van der Waals surface area contributed by atoms with Gasteiger partial charge in [0, 0.05) is 13.1 Å². The molecule has 0 spiro atoms. The lowest BCUT2D eigenvalue weighted by molar-refractivity contribution is -0.135. The Bertz CT molecular complexity index is 330. The van der Waals surface area contributed by atoms with Crippen molar-refractivity contribution in [2.75, 3.05) is 19.6 Å². The number of nitrogens with one attached hydrogen (secondary N) is 1. The molecule has 5 nitrogen and oxygen atoms in total. The van der Waals surface area contributed by atoms with Crippen LogP contribution in [0.1, 0.15) is 40.5 Å². The number of hydrogen-bond donors (Lipinski definition) is 2. The fourth-order valence-electron chi connectivity index (χ4n) is 2.06. The van der Waals surface area contributed by atoms with E-state index in [-0.39, 0.29) is 24.3 Å². The molecule has 1 saturated heterocycles. The highest BCUT2D eigenvalue weighted by Crippen LogP contribution is 2.29. The van der Waals surface area contributed by atoms with Crippen LogP contribution in [0.2, 0.25) is 0 Å². The summed E-state index contributed by atoms with van der Waals surface area (Å²) < 4.78 is 0. The molecule has 0 bridgehead atoms. The molecule has 0 aromatic carbocycles. The molecule has 0 aromatic heterocycles. The van der Waals surface area contributed by atoms with Crippen molar-refractivity contribution in [3.8, 4) is 0 Å². The van der Waals surface area contributed by atoms with E-state index in [1.807, 2.05) is 18.7 Å². The third kappa shape index (κ3) is 4.82. The molecule has 1 fully saturated rings. The zero-order valence-corrected chi connectivity index (χ0v) is 12.5. The molecule has 1 heterocycles. The Morgan fingerprint density at radius 1 is 1.26 bits per heavy atom. The third-order valence-corrected chi connectivity index (χ3v) is 3.90. The average Bonchev–Trinajstić information content (AvgIpc) is 2.34. The molecule has 1 aliphatic rings. The summed E-state index contributed by atoms with van der Waals surface area (Å²) in [6.07, 6.45) is 2.02. The van der Waals surface area contributed by atoms with E-state index in [0.29, 0.717) is 5.41 Å². The minimum atomic E-state index is -0.548. The van der Waals surface area contributed by atoms with Crippen LogP contribution in [0, 0.1) is 11.3 Å². The lowest BCUT2D eigenvalue weighted by atomic mass is 9.83. The fourth-order valence-corrected chi connectivity index (χ4v) is 2.06. The maximum absolute atomic E-state index is 12.0. The molecule has 2 amide bonds. The van der Waals surface area contributed by atoms with E-state index < -0.39 is 6.04 Å². The molecule has 3 N–H and O–H groups in total. The van der Waals surface area contributed by atoms with Gasteiger partial charge in [-0.3, -0.25) is 9.59 Å². The van der Waals surface area contributed by atoms with E-state index in [0.717, 1.165) is 25.9 Å². The number of nitrogens with zero attached hydrogens (tertiary/aromatic N) is 1. The van der Waals surface area contributed by atoms with Crippen LogP contribution in [0.15, 0.2) is 0 Å². The van der Waals surface area contributed by atoms with E-state index in [4.69, 9.17) is 5.73 Å². The van der Waals surface area contributed by atoms with E-state index in [2.05, 4.69) is 19.2 Å². The van der Waals surface area contributed by atoms with Gasteiger partial charge in [0.2, 0.25) is 11.8 Å². The Morgan fingerprint density at radius 3 is 2.26 bits per heavy atom. The molecule has 0 aliphatic carbocycles. The van der Waals surface area contributed by atoms with Gasteiger partial charge in [-0.25, -0.2) is 0 Å². The summed E-state index contributed by atoms with van der Waals surface area (Å²) in [5.74, 6) is -0.189. The van der Waals surface area contributed by atoms with Crippen molar-refractivity contribution in [2.24, 2.45) is 17.1 Å². The molecule has 0 unspecified atom stereocenters. The lowest BCUT2D eigenvalue weighted by Crippen LogP contribution is -2.49. The van der Waals surface area contributed by atoms with E-state index >= 15 is 0 Å². The van der Waals surface area contributed by atoms with Crippen LogP contribution < -0.4 is 11.1 Å². The molecule has 110 valence electrons. The highest BCUT2D eigenvalue weighted by atomic mass is 16.2. The zero-order valence-electron chi connectivity index (χ0n) is 12.5. The van der Waals surface area contributed by atoms with Crippen LogP contribution in [0.25, 0.3) is 0 Å². The number of hydrogen-bond acceptors (Lipinski definition) is 3. The number of amides is 2. The Balaban J connectivity index is 2.34. The van der Waals surface area contributed by atoms with Crippen molar-refractivity contribution in [3.63, 3.8) is 0 Å². The molecular formula is C14H27N3O2. The summed E-state index contributed by atoms with van der Waals surface area (Å²) in [5, 5.41) is 2.63. The van der Waals surface area contributed by atoms with Gasteiger partial charge in [0.1, 0.15) is 0 Å². The van der Waals surface area contributed by atoms with Gasteiger partial charge in [-0.2, -0.15) is 0 Å². The number of rotatable bonds is 4. The predicted molar refractivity (Wildman–Crippen MR) is 75.4 cm³/mol. The summed E-state index contributed by atoms with van der Waals surface area (Å²) in [7, 11) is 0. The van der Waals surface area contributed by atoms with Gasteiger partial charge in [-0.1, -0.05) is 27.7 Å². The van der Waals surface area contributed by atoms with E-state index in [9.17, 15) is 9.59 Å². The summed E-state index contributed by atoms with van der Waals surface area (Å²) in [6, 6.07) is -0.548. The molecule has 0 aromatic rings. The van der Waals surface area contributed by atoms with Gasteiger partial charge in [-0.05, 0) is 24.2 Å². The normalized spacial score (nSPS) is 20.2. The second-order valence-corrected chi connectivity index (χ2v) is 6.53. The van der Waals surface area contributed by atoms with Crippen molar-refractivity contribution in [1.82, 2.24) is 10.2 Å². The molecule has 1 atom stereocenters. The van der Waals surface area contributed by atoms with Gasteiger partial charge in [0.15, 0.2) is 0 Å². The predicted octanol–water partition coefficient (Wildman–Crippen LogP) is 0.735. The van der Waals surface area contributed by atoms with Crippen LogP contribution in [0.5, 0.6) is 0 Å². The largest absolute Gasteiger partial charge is 0.346 e. The topological polar surface area (TPSA) is 75.4 Å². The second kappa shape index (κ2) is 6.37. The van der Waals surface area contributed by atoms with Crippen LogP contribution >= 0.6 is 0 Å². The molecule has 0 radical (unpaired) electrons. The third-order valence-electron chi connectivity index (χ3n) is 3.90. The summed E-state index contributed by atoms with van der Waals surface area (Å²) in [6.45, 7) is 9.82. The fraction of sp³-hybridized carbons (Fsp3) is 0.857. The first kappa shape index (κ1) is 16.0.